The van der Waals surface area contributed by atoms with Crippen molar-refractivity contribution in [3.63, 3.8) is 0 Å². The van der Waals surface area contributed by atoms with Gasteiger partial charge in [-0.2, -0.15) is 0 Å². The first kappa shape index (κ1) is 16.1. The number of ketones is 1. The van der Waals surface area contributed by atoms with Gasteiger partial charge in [-0.1, -0.05) is 0 Å². The molecule has 0 amide bonds. The van der Waals surface area contributed by atoms with Gasteiger partial charge in [0.2, 0.25) is 0 Å². The van der Waals surface area contributed by atoms with Gasteiger partial charge in [0.05, 0.1) is 0 Å². The Hall–Kier alpha value is -1.26. The molecule has 0 bridgehead atoms. The number of nitrogens with zero attached hydrogens (tertiary/aromatic N) is 2. The highest BCUT2D eigenvalue weighted by Gasteiger charge is 2.39. The Kier molecular flexibility index (Phi) is 5.12. The number of likely N-dealkylation sites (N-methyl/N-ethyl adjacent to an activating group) is 2. The molecule has 1 aromatic rings. The second-order valence-electron chi connectivity index (χ2n) is 6.39. The van der Waals surface area contributed by atoms with E-state index in [1.807, 2.05) is 0 Å². The Labute approximate surface area is 126 Å². The normalized spacial score (nSPS) is 17.0. The zero-order valence-electron chi connectivity index (χ0n) is 13.2. The standard InChI is InChI=1S/C17H25FN2O/c1-19(2)17(10-4-11-17)13-20(3)12-9-16(21)14-5-7-15(18)8-6-14/h5-8H,4,9-13H2,1-3H3. The van der Waals surface area contributed by atoms with Crippen LogP contribution in [0.15, 0.2) is 24.3 Å². The van der Waals surface area contributed by atoms with Crippen molar-refractivity contribution in [1.29, 1.82) is 0 Å². The number of rotatable bonds is 7. The molecule has 116 valence electrons. The van der Waals surface area contributed by atoms with Crippen LogP contribution in [0.25, 0.3) is 0 Å². The van der Waals surface area contributed by atoms with E-state index in [0.29, 0.717) is 12.0 Å². The molecule has 0 radical (unpaired) electrons. The molecular weight excluding hydrogens is 267 g/mol. The average Bonchev–Trinajstić information content (AvgIpc) is 2.40. The van der Waals surface area contributed by atoms with E-state index in [4.69, 9.17) is 0 Å². The molecule has 0 unspecified atom stereocenters. The summed E-state index contributed by atoms with van der Waals surface area (Å²) >= 11 is 0. The van der Waals surface area contributed by atoms with Crippen molar-refractivity contribution in [3.8, 4) is 0 Å². The summed E-state index contributed by atoms with van der Waals surface area (Å²) in [7, 11) is 6.34. The lowest BCUT2D eigenvalue weighted by molar-refractivity contribution is 0.0276. The second-order valence-corrected chi connectivity index (χ2v) is 6.39. The Morgan fingerprint density at radius 1 is 1.19 bits per heavy atom. The summed E-state index contributed by atoms with van der Waals surface area (Å²) in [6.45, 7) is 1.74. The third kappa shape index (κ3) is 3.89. The van der Waals surface area contributed by atoms with Crippen LogP contribution < -0.4 is 0 Å². The van der Waals surface area contributed by atoms with Crippen molar-refractivity contribution in [2.45, 2.75) is 31.2 Å². The van der Waals surface area contributed by atoms with Gasteiger partial charge in [0.15, 0.2) is 5.78 Å². The van der Waals surface area contributed by atoms with Crippen molar-refractivity contribution in [2.75, 3.05) is 34.2 Å². The van der Waals surface area contributed by atoms with Crippen molar-refractivity contribution in [2.24, 2.45) is 0 Å². The number of Topliss-reactive ketones (excluding diaryl/α,β-unsaturated/α-hetero) is 1. The van der Waals surface area contributed by atoms with Crippen LogP contribution in [0, 0.1) is 5.82 Å². The van der Waals surface area contributed by atoms with Crippen LogP contribution in [0.2, 0.25) is 0 Å². The first-order valence-corrected chi connectivity index (χ1v) is 7.58. The summed E-state index contributed by atoms with van der Waals surface area (Å²) in [6.07, 6.45) is 4.23. The van der Waals surface area contributed by atoms with Crippen LogP contribution in [0.3, 0.4) is 0 Å². The van der Waals surface area contributed by atoms with E-state index in [9.17, 15) is 9.18 Å². The van der Waals surface area contributed by atoms with E-state index in [1.54, 1.807) is 12.1 Å². The summed E-state index contributed by atoms with van der Waals surface area (Å²) in [6, 6.07) is 5.80. The highest BCUT2D eigenvalue weighted by Crippen LogP contribution is 2.36. The smallest absolute Gasteiger partial charge is 0.164 e. The number of carbonyl (C=O) groups is 1. The minimum atomic E-state index is -0.304. The summed E-state index contributed by atoms with van der Waals surface area (Å²) in [5.74, 6) is -0.226. The molecule has 0 saturated heterocycles. The predicted octanol–water partition coefficient (Wildman–Crippen LogP) is 2.81. The third-order valence-corrected chi connectivity index (χ3v) is 4.68. The van der Waals surface area contributed by atoms with Crippen molar-refractivity contribution in [3.05, 3.63) is 35.6 Å². The number of carbonyl (C=O) groups excluding carboxylic acids is 1. The Balaban J connectivity index is 1.82. The molecule has 1 saturated carbocycles. The van der Waals surface area contributed by atoms with Crippen LogP contribution in [-0.2, 0) is 0 Å². The molecule has 1 aliphatic carbocycles. The zero-order valence-corrected chi connectivity index (χ0v) is 13.2. The van der Waals surface area contributed by atoms with Crippen LogP contribution in [0.5, 0.6) is 0 Å². The van der Waals surface area contributed by atoms with Gasteiger partial charge in [-0.25, -0.2) is 4.39 Å². The van der Waals surface area contributed by atoms with Crippen LogP contribution in [0.4, 0.5) is 4.39 Å². The van der Waals surface area contributed by atoms with E-state index in [-0.39, 0.29) is 17.1 Å². The van der Waals surface area contributed by atoms with E-state index < -0.39 is 0 Å². The molecule has 0 heterocycles. The van der Waals surface area contributed by atoms with Crippen molar-refractivity contribution in [1.82, 2.24) is 9.80 Å². The number of hydrogen-bond acceptors (Lipinski definition) is 3. The lowest BCUT2D eigenvalue weighted by atomic mass is 9.75. The molecule has 0 aliphatic heterocycles. The monoisotopic (exact) mass is 292 g/mol. The lowest BCUT2D eigenvalue weighted by Crippen LogP contribution is -2.56. The van der Waals surface area contributed by atoms with Crippen LogP contribution in [-0.4, -0.2) is 55.4 Å². The van der Waals surface area contributed by atoms with Gasteiger partial charge >= 0.3 is 0 Å². The molecule has 0 spiro atoms. The molecule has 0 atom stereocenters. The number of benzene rings is 1. The molecule has 2 rings (SSSR count). The summed E-state index contributed by atoms with van der Waals surface area (Å²) in [4.78, 5) is 16.6. The average molecular weight is 292 g/mol. The topological polar surface area (TPSA) is 23.6 Å². The molecule has 0 aromatic heterocycles. The summed E-state index contributed by atoms with van der Waals surface area (Å²) < 4.78 is 12.8. The fourth-order valence-corrected chi connectivity index (χ4v) is 2.99. The Morgan fingerprint density at radius 3 is 2.29 bits per heavy atom. The maximum atomic E-state index is 12.8. The summed E-state index contributed by atoms with van der Waals surface area (Å²) in [5.41, 5.74) is 0.879. The van der Waals surface area contributed by atoms with Gasteiger partial charge < -0.3 is 9.80 Å². The minimum Gasteiger partial charge on any atom is -0.304 e. The Morgan fingerprint density at radius 2 is 1.81 bits per heavy atom. The largest absolute Gasteiger partial charge is 0.304 e. The molecule has 21 heavy (non-hydrogen) atoms. The van der Waals surface area contributed by atoms with Gasteiger partial charge in [-0.3, -0.25) is 4.79 Å². The van der Waals surface area contributed by atoms with Crippen molar-refractivity contribution >= 4 is 5.78 Å². The zero-order chi connectivity index (χ0) is 15.5. The van der Waals surface area contributed by atoms with E-state index in [1.165, 1.54) is 31.4 Å². The van der Waals surface area contributed by atoms with Crippen LogP contribution in [0.1, 0.15) is 36.0 Å². The highest BCUT2D eigenvalue weighted by molar-refractivity contribution is 5.96. The summed E-state index contributed by atoms with van der Waals surface area (Å²) in [5, 5.41) is 0. The van der Waals surface area contributed by atoms with Gasteiger partial charge in [0.25, 0.3) is 0 Å². The lowest BCUT2D eigenvalue weighted by Gasteiger charge is -2.49. The molecule has 3 nitrogen and oxygen atoms in total. The fourth-order valence-electron chi connectivity index (χ4n) is 2.99. The maximum Gasteiger partial charge on any atom is 0.164 e. The van der Waals surface area contributed by atoms with Crippen molar-refractivity contribution < 1.29 is 9.18 Å². The fraction of sp³-hybridized carbons (Fsp3) is 0.588. The van der Waals surface area contributed by atoms with E-state index >= 15 is 0 Å². The highest BCUT2D eigenvalue weighted by atomic mass is 19.1. The van der Waals surface area contributed by atoms with Crippen LogP contribution >= 0.6 is 0 Å². The minimum absolute atomic E-state index is 0.0781. The predicted molar refractivity (Wildman–Crippen MR) is 83.1 cm³/mol. The van der Waals surface area contributed by atoms with E-state index in [2.05, 4.69) is 30.9 Å². The SMILES string of the molecule is CN(CCC(=O)c1ccc(F)cc1)CC1(N(C)C)CCC1. The molecule has 0 N–H and O–H groups in total. The molecule has 4 heteroatoms. The van der Waals surface area contributed by atoms with E-state index in [0.717, 1.165) is 13.1 Å². The number of halogens is 1. The second kappa shape index (κ2) is 6.67. The van der Waals surface area contributed by atoms with Gasteiger partial charge in [0.1, 0.15) is 5.82 Å². The number of hydrogen-bond donors (Lipinski definition) is 0. The molecule has 1 fully saturated rings. The molecule has 1 aliphatic rings. The Bertz CT molecular complexity index is 480. The van der Waals surface area contributed by atoms with Gasteiger partial charge in [-0.05, 0) is 64.7 Å². The van der Waals surface area contributed by atoms with Gasteiger partial charge in [-0.15, -0.1) is 0 Å². The quantitative estimate of drug-likeness (QED) is 0.722. The first-order chi connectivity index (χ1) is 9.93. The first-order valence-electron chi connectivity index (χ1n) is 7.58. The molecule has 1 aromatic carbocycles. The van der Waals surface area contributed by atoms with Gasteiger partial charge in [0, 0.05) is 30.6 Å². The maximum absolute atomic E-state index is 12.8. The molecular formula is C17H25FN2O. The third-order valence-electron chi connectivity index (χ3n) is 4.68.